The Hall–Kier alpha value is 0.0400. The molecule has 0 aliphatic carbocycles. The van der Waals surface area contributed by atoms with Crippen LogP contribution in [-0.2, 0) is 18.2 Å². The maximum Gasteiger partial charge on any atom is 0.327 e. The maximum absolute atomic E-state index is 9.69. The quantitative estimate of drug-likeness (QED) is 0.488. The molecule has 0 saturated heterocycles. The third-order valence-corrected chi connectivity index (χ3v) is 1.57. The molecule has 0 atom stereocenters. The highest BCUT2D eigenvalue weighted by molar-refractivity contribution is 7.17. The lowest BCUT2D eigenvalue weighted by atomic mass is 10.3. The van der Waals surface area contributed by atoms with Crippen molar-refractivity contribution in [2.24, 2.45) is 11.5 Å². The van der Waals surface area contributed by atoms with E-state index in [2.05, 4.69) is 9.05 Å². The SMILES string of the molecule is NCCN.O=POCCCCOP=O. The summed E-state index contributed by atoms with van der Waals surface area (Å²) in [7, 11) is -0.573. The first-order chi connectivity index (χ1) is 6.83. The summed E-state index contributed by atoms with van der Waals surface area (Å²) in [6.07, 6.45) is 1.54. The minimum absolute atomic E-state index is 0.287. The molecular formula is C6H16N2O4P2. The summed E-state index contributed by atoms with van der Waals surface area (Å²) >= 11 is 0. The second-order valence-electron chi connectivity index (χ2n) is 2.10. The number of hydrogen-bond donors (Lipinski definition) is 2. The molecule has 0 spiro atoms. The summed E-state index contributed by atoms with van der Waals surface area (Å²) in [5, 5.41) is 0. The van der Waals surface area contributed by atoms with Crippen LogP contribution < -0.4 is 11.5 Å². The second kappa shape index (κ2) is 18.8. The summed E-state index contributed by atoms with van der Waals surface area (Å²) < 4.78 is 28.4. The minimum Gasteiger partial charge on any atom is -0.329 e. The van der Waals surface area contributed by atoms with E-state index >= 15 is 0 Å². The van der Waals surface area contributed by atoms with Crippen molar-refractivity contribution in [1.82, 2.24) is 0 Å². The van der Waals surface area contributed by atoms with Gasteiger partial charge in [-0.05, 0) is 12.8 Å². The summed E-state index contributed by atoms with van der Waals surface area (Å²) in [5.41, 5.74) is 9.81. The fourth-order valence-corrected chi connectivity index (χ4v) is 0.815. The average Bonchev–Trinajstić information content (AvgIpc) is 2.24. The van der Waals surface area contributed by atoms with Gasteiger partial charge >= 0.3 is 17.4 Å². The van der Waals surface area contributed by atoms with E-state index < -0.39 is 0 Å². The molecular weight excluding hydrogens is 226 g/mol. The highest BCUT2D eigenvalue weighted by Gasteiger charge is 1.88. The van der Waals surface area contributed by atoms with Crippen LogP contribution >= 0.6 is 17.4 Å². The van der Waals surface area contributed by atoms with Gasteiger partial charge in [0.15, 0.2) is 0 Å². The third-order valence-electron chi connectivity index (χ3n) is 0.993. The van der Waals surface area contributed by atoms with Crippen LogP contribution in [0.1, 0.15) is 12.8 Å². The molecule has 0 aliphatic rings. The van der Waals surface area contributed by atoms with E-state index in [1.54, 1.807) is 0 Å². The van der Waals surface area contributed by atoms with Crippen molar-refractivity contribution in [3.63, 3.8) is 0 Å². The predicted octanol–water partition coefficient (Wildman–Crippen LogP) is 1.12. The molecule has 14 heavy (non-hydrogen) atoms. The van der Waals surface area contributed by atoms with Crippen molar-refractivity contribution < 1.29 is 18.2 Å². The van der Waals surface area contributed by atoms with Gasteiger partial charge in [0.25, 0.3) is 0 Å². The van der Waals surface area contributed by atoms with E-state index in [-0.39, 0.29) is 17.4 Å². The van der Waals surface area contributed by atoms with Crippen molar-refractivity contribution >= 4 is 17.4 Å². The van der Waals surface area contributed by atoms with E-state index in [1.807, 2.05) is 0 Å². The molecule has 0 aromatic rings. The van der Waals surface area contributed by atoms with Crippen LogP contribution in [0.15, 0.2) is 0 Å². The van der Waals surface area contributed by atoms with Crippen LogP contribution in [0.4, 0.5) is 0 Å². The molecule has 0 radical (unpaired) electrons. The molecule has 0 aromatic heterocycles. The second-order valence-corrected chi connectivity index (χ2v) is 2.91. The lowest BCUT2D eigenvalue weighted by Gasteiger charge is -1.93. The maximum atomic E-state index is 9.69. The first kappa shape index (κ1) is 16.5. The van der Waals surface area contributed by atoms with E-state index in [1.165, 1.54) is 0 Å². The molecule has 0 heterocycles. The molecule has 0 rings (SSSR count). The Kier molecular flexibility index (Phi) is 22.1. The van der Waals surface area contributed by atoms with Gasteiger partial charge in [0.05, 0.1) is 13.2 Å². The summed E-state index contributed by atoms with van der Waals surface area (Å²) in [6, 6.07) is 0. The smallest absolute Gasteiger partial charge is 0.327 e. The van der Waals surface area contributed by atoms with Crippen molar-refractivity contribution in [3.05, 3.63) is 0 Å². The van der Waals surface area contributed by atoms with Crippen molar-refractivity contribution in [2.75, 3.05) is 26.3 Å². The Morgan fingerprint density at radius 1 is 0.857 bits per heavy atom. The van der Waals surface area contributed by atoms with Gasteiger partial charge in [0, 0.05) is 13.1 Å². The van der Waals surface area contributed by atoms with Crippen LogP contribution in [0.3, 0.4) is 0 Å². The topological polar surface area (TPSA) is 105 Å². The van der Waals surface area contributed by atoms with Crippen LogP contribution in [0, 0.1) is 0 Å². The molecule has 0 bridgehead atoms. The fraction of sp³-hybridized carbons (Fsp3) is 1.00. The molecule has 0 fully saturated rings. The van der Waals surface area contributed by atoms with Crippen molar-refractivity contribution in [1.29, 1.82) is 0 Å². The lowest BCUT2D eigenvalue weighted by molar-refractivity contribution is 0.290. The van der Waals surface area contributed by atoms with Gasteiger partial charge in [-0.3, -0.25) is 9.05 Å². The summed E-state index contributed by atoms with van der Waals surface area (Å²) in [5.74, 6) is 0. The van der Waals surface area contributed by atoms with Crippen molar-refractivity contribution in [2.45, 2.75) is 12.8 Å². The van der Waals surface area contributed by atoms with Crippen LogP contribution in [-0.4, -0.2) is 26.3 Å². The standard InChI is InChI=1S/C4H8O4P2.C2H8N2/c5-9-7-3-1-2-4-8-10-6;3-1-2-4/h1-4H2;1-4H2. The fourth-order valence-electron chi connectivity index (χ4n) is 0.408. The zero-order valence-electron chi connectivity index (χ0n) is 7.92. The lowest BCUT2D eigenvalue weighted by Crippen LogP contribution is -2.11. The Bertz CT molecular complexity index is 114. The highest BCUT2D eigenvalue weighted by Crippen LogP contribution is 2.01. The molecule has 0 unspecified atom stereocenters. The first-order valence-electron chi connectivity index (χ1n) is 4.12. The third kappa shape index (κ3) is 22.7. The van der Waals surface area contributed by atoms with Gasteiger partial charge < -0.3 is 11.5 Å². The zero-order chi connectivity index (χ0) is 11.1. The van der Waals surface area contributed by atoms with E-state index in [0.29, 0.717) is 26.3 Å². The van der Waals surface area contributed by atoms with Crippen LogP contribution in [0.25, 0.3) is 0 Å². The first-order valence-corrected chi connectivity index (χ1v) is 5.58. The molecule has 0 amide bonds. The van der Waals surface area contributed by atoms with Crippen LogP contribution in [0.2, 0.25) is 0 Å². The molecule has 4 N–H and O–H groups in total. The molecule has 0 aliphatic heterocycles. The summed E-state index contributed by atoms with van der Waals surface area (Å²) in [4.78, 5) is 0. The van der Waals surface area contributed by atoms with Gasteiger partial charge in [-0.2, -0.15) is 0 Å². The molecule has 84 valence electrons. The van der Waals surface area contributed by atoms with Gasteiger partial charge in [0.2, 0.25) is 0 Å². The molecule has 8 heteroatoms. The largest absolute Gasteiger partial charge is 0.329 e. The predicted molar refractivity (Wildman–Crippen MR) is 54.5 cm³/mol. The van der Waals surface area contributed by atoms with E-state index in [4.69, 9.17) is 11.5 Å². The number of nitrogens with two attached hydrogens (primary N) is 2. The number of unbranched alkanes of at least 4 members (excludes halogenated alkanes) is 1. The highest BCUT2D eigenvalue weighted by atomic mass is 31.1. The molecule has 0 aromatic carbocycles. The Morgan fingerprint density at radius 3 is 1.43 bits per heavy atom. The Labute approximate surface area is 86.9 Å². The Morgan fingerprint density at radius 2 is 1.21 bits per heavy atom. The zero-order valence-corrected chi connectivity index (χ0v) is 9.71. The normalized spacial score (nSPS) is 9.86. The minimum atomic E-state index is -0.287. The van der Waals surface area contributed by atoms with E-state index in [0.717, 1.165) is 12.8 Å². The van der Waals surface area contributed by atoms with E-state index in [9.17, 15) is 9.13 Å². The van der Waals surface area contributed by atoms with Gasteiger partial charge in [0.1, 0.15) is 0 Å². The number of hydrogen-bond acceptors (Lipinski definition) is 6. The molecule has 6 nitrogen and oxygen atoms in total. The Balaban J connectivity index is 0. The monoisotopic (exact) mass is 242 g/mol. The van der Waals surface area contributed by atoms with Gasteiger partial charge in [-0.25, -0.2) is 9.13 Å². The van der Waals surface area contributed by atoms with Crippen LogP contribution in [0.5, 0.6) is 0 Å². The molecule has 0 saturated carbocycles. The average molecular weight is 242 g/mol. The summed E-state index contributed by atoms with van der Waals surface area (Å²) in [6.45, 7) is 2.09. The van der Waals surface area contributed by atoms with Gasteiger partial charge in [-0.15, -0.1) is 0 Å². The van der Waals surface area contributed by atoms with Crippen molar-refractivity contribution in [3.8, 4) is 0 Å². The van der Waals surface area contributed by atoms with Gasteiger partial charge in [-0.1, -0.05) is 0 Å². The number of rotatable bonds is 8.